The van der Waals surface area contributed by atoms with Crippen molar-refractivity contribution < 1.29 is 0 Å². The predicted molar refractivity (Wildman–Crippen MR) is 60.2 cm³/mol. The number of anilines is 1. The monoisotopic (exact) mass is 203 g/mol. The van der Waals surface area contributed by atoms with Crippen molar-refractivity contribution in [3.8, 4) is 0 Å². The maximum Gasteiger partial charge on any atom is 0.154 e. The Balaban J connectivity index is 2.18. The zero-order valence-corrected chi connectivity index (χ0v) is 8.24. The van der Waals surface area contributed by atoms with Crippen LogP contribution < -0.4 is 5.73 Å². The van der Waals surface area contributed by atoms with Crippen molar-refractivity contribution >= 4 is 29.2 Å². The molecule has 2 rings (SSSR count). The summed E-state index contributed by atoms with van der Waals surface area (Å²) < 4.78 is 0. The topological polar surface area (TPSA) is 51.3 Å². The third kappa shape index (κ3) is 2.17. The standard InChI is InChI=1S/C10H9N3S/c11-9-4-1-5-10(13-9)12-7-8-3-2-6-14-8/h1-7H,(H2,11,13)/b12-7+. The smallest absolute Gasteiger partial charge is 0.154 e. The van der Waals surface area contributed by atoms with Crippen LogP contribution in [-0.2, 0) is 0 Å². The van der Waals surface area contributed by atoms with Crippen LogP contribution in [-0.4, -0.2) is 11.2 Å². The van der Waals surface area contributed by atoms with Crippen LogP contribution in [0.4, 0.5) is 11.6 Å². The summed E-state index contributed by atoms with van der Waals surface area (Å²) in [4.78, 5) is 9.37. The summed E-state index contributed by atoms with van der Waals surface area (Å²) >= 11 is 1.64. The zero-order valence-electron chi connectivity index (χ0n) is 7.42. The number of nitrogens with two attached hydrogens (primary N) is 1. The molecule has 0 bridgehead atoms. The molecule has 0 amide bonds. The number of rotatable bonds is 2. The number of thiophene rings is 1. The molecule has 0 radical (unpaired) electrons. The molecule has 0 unspecified atom stereocenters. The molecule has 0 aliphatic carbocycles. The number of hydrogen-bond acceptors (Lipinski definition) is 4. The van der Waals surface area contributed by atoms with Crippen molar-refractivity contribution in [1.82, 2.24) is 4.98 Å². The highest BCUT2D eigenvalue weighted by atomic mass is 32.1. The van der Waals surface area contributed by atoms with Crippen LogP contribution in [0.15, 0.2) is 40.7 Å². The van der Waals surface area contributed by atoms with Gasteiger partial charge in [0.2, 0.25) is 0 Å². The molecule has 14 heavy (non-hydrogen) atoms. The lowest BCUT2D eigenvalue weighted by Gasteiger charge is -1.93. The van der Waals surface area contributed by atoms with E-state index in [4.69, 9.17) is 5.73 Å². The Morgan fingerprint density at radius 3 is 2.93 bits per heavy atom. The van der Waals surface area contributed by atoms with Gasteiger partial charge >= 0.3 is 0 Å². The van der Waals surface area contributed by atoms with Gasteiger partial charge < -0.3 is 5.73 Å². The van der Waals surface area contributed by atoms with E-state index in [1.165, 1.54) is 0 Å². The van der Waals surface area contributed by atoms with Crippen molar-refractivity contribution in [3.63, 3.8) is 0 Å². The molecule has 0 atom stereocenters. The number of pyridine rings is 1. The van der Waals surface area contributed by atoms with Gasteiger partial charge in [0.05, 0.1) is 0 Å². The average molecular weight is 203 g/mol. The summed E-state index contributed by atoms with van der Waals surface area (Å²) in [5.41, 5.74) is 5.53. The Morgan fingerprint density at radius 2 is 2.21 bits per heavy atom. The molecule has 0 spiro atoms. The molecule has 4 heteroatoms. The van der Waals surface area contributed by atoms with E-state index in [2.05, 4.69) is 9.98 Å². The Kier molecular flexibility index (Phi) is 2.55. The van der Waals surface area contributed by atoms with E-state index < -0.39 is 0 Å². The fraction of sp³-hybridized carbons (Fsp3) is 0. The minimum atomic E-state index is 0.492. The third-order valence-electron chi connectivity index (χ3n) is 1.62. The van der Waals surface area contributed by atoms with Crippen molar-refractivity contribution in [2.24, 2.45) is 4.99 Å². The van der Waals surface area contributed by atoms with Crippen LogP contribution >= 0.6 is 11.3 Å². The number of aliphatic imine (C=N–C) groups is 1. The normalized spacial score (nSPS) is 10.9. The van der Waals surface area contributed by atoms with Gasteiger partial charge in [-0.25, -0.2) is 9.98 Å². The lowest BCUT2D eigenvalue weighted by Crippen LogP contribution is -1.87. The molecule has 2 aromatic rings. The largest absolute Gasteiger partial charge is 0.384 e. The number of nitrogen functional groups attached to an aromatic ring is 1. The maximum absolute atomic E-state index is 5.53. The van der Waals surface area contributed by atoms with E-state index in [0.29, 0.717) is 11.6 Å². The summed E-state index contributed by atoms with van der Waals surface area (Å²) in [6.07, 6.45) is 1.78. The average Bonchev–Trinajstić information content (AvgIpc) is 2.67. The van der Waals surface area contributed by atoms with Gasteiger partial charge in [-0.15, -0.1) is 11.3 Å². The zero-order chi connectivity index (χ0) is 9.80. The number of nitrogens with zero attached hydrogens (tertiary/aromatic N) is 2. The fourth-order valence-corrected chi connectivity index (χ4v) is 1.59. The first-order valence-electron chi connectivity index (χ1n) is 4.15. The summed E-state index contributed by atoms with van der Waals surface area (Å²) in [5.74, 6) is 1.13. The lowest BCUT2D eigenvalue weighted by molar-refractivity contribution is 1.29. The van der Waals surface area contributed by atoms with Crippen LogP contribution in [0.25, 0.3) is 0 Å². The minimum absolute atomic E-state index is 0.492. The molecular weight excluding hydrogens is 194 g/mol. The van der Waals surface area contributed by atoms with E-state index in [1.807, 2.05) is 29.6 Å². The first-order valence-corrected chi connectivity index (χ1v) is 5.03. The summed E-state index contributed by atoms with van der Waals surface area (Å²) in [6.45, 7) is 0. The van der Waals surface area contributed by atoms with Gasteiger partial charge in [0, 0.05) is 11.1 Å². The van der Waals surface area contributed by atoms with Gasteiger partial charge in [-0.1, -0.05) is 12.1 Å². The Labute approximate surface area is 85.9 Å². The Morgan fingerprint density at radius 1 is 1.29 bits per heavy atom. The number of aromatic nitrogens is 1. The van der Waals surface area contributed by atoms with Crippen LogP contribution in [0.3, 0.4) is 0 Å². The third-order valence-corrected chi connectivity index (χ3v) is 2.43. The van der Waals surface area contributed by atoms with E-state index >= 15 is 0 Å². The van der Waals surface area contributed by atoms with Crippen molar-refractivity contribution in [2.75, 3.05) is 5.73 Å². The number of hydrogen-bond donors (Lipinski definition) is 1. The van der Waals surface area contributed by atoms with Gasteiger partial charge in [-0.3, -0.25) is 0 Å². The second-order valence-corrected chi connectivity index (χ2v) is 3.67. The molecule has 0 saturated carbocycles. The minimum Gasteiger partial charge on any atom is -0.384 e. The van der Waals surface area contributed by atoms with Crippen molar-refractivity contribution in [1.29, 1.82) is 0 Å². The van der Waals surface area contributed by atoms with Gasteiger partial charge in [0.1, 0.15) is 5.82 Å². The first-order chi connectivity index (χ1) is 6.84. The second kappa shape index (κ2) is 4.02. The van der Waals surface area contributed by atoms with Crippen LogP contribution in [0.1, 0.15) is 4.88 Å². The van der Waals surface area contributed by atoms with Gasteiger partial charge in [-0.05, 0) is 23.6 Å². The van der Waals surface area contributed by atoms with Crippen molar-refractivity contribution in [3.05, 3.63) is 40.6 Å². The van der Waals surface area contributed by atoms with E-state index in [9.17, 15) is 0 Å². The summed E-state index contributed by atoms with van der Waals surface area (Å²) in [6, 6.07) is 9.38. The summed E-state index contributed by atoms with van der Waals surface area (Å²) in [5, 5.41) is 2.01. The Bertz CT molecular complexity index is 434. The molecule has 2 N–H and O–H groups in total. The van der Waals surface area contributed by atoms with E-state index in [0.717, 1.165) is 4.88 Å². The summed E-state index contributed by atoms with van der Waals surface area (Å²) in [7, 11) is 0. The fourth-order valence-electron chi connectivity index (χ4n) is 1.01. The second-order valence-electron chi connectivity index (χ2n) is 2.69. The van der Waals surface area contributed by atoms with Gasteiger partial charge in [0.15, 0.2) is 5.82 Å². The van der Waals surface area contributed by atoms with E-state index in [1.54, 1.807) is 23.6 Å². The highest BCUT2D eigenvalue weighted by Crippen LogP contribution is 2.11. The van der Waals surface area contributed by atoms with Crippen LogP contribution in [0.5, 0.6) is 0 Å². The molecular formula is C10H9N3S. The highest BCUT2D eigenvalue weighted by molar-refractivity contribution is 7.11. The molecule has 0 aromatic carbocycles. The SMILES string of the molecule is Nc1cccc(/N=C/c2cccs2)n1. The highest BCUT2D eigenvalue weighted by Gasteiger charge is 1.91. The molecule has 0 aliphatic rings. The quantitative estimate of drug-likeness (QED) is 0.762. The first kappa shape index (κ1) is 8.90. The molecule has 0 aliphatic heterocycles. The lowest BCUT2D eigenvalue weighted by atomic mass is 10.4. The van der Waals surface area contributed by atoms with Gasteiger partial charge in [0.25, 0.3) is 0 Å². The molecule has 3 nitrogen and oxygen atoms in total. The van der Waals surface area contributed by atoms with Crippen LogP contribution in [0.2, 0.25) is 0 Å². The van der Waals surface area contributed by atoms with Gasteiger partial charge in [-0.2, -0.15) is 0 Å². The van der Waals surface area contributed by atoms with Crippen molar-refractivity contribution in [2.45, 2.75) is 0 Å². The molecule has 2 aromatic heterocycles. The molecule has 0 fully saturated rings. The molecule has 0 saturated heterocycles. The molecule has 70 valence electrons. The van der Waals surface area contributed by atoms with E-state index in [-0.39, 0.29) is 0 Å². The Hall–Kier alpha value is -1.68. The van der Waals surface area contributed by atoms with Crippen LogP contribution in [0, 0.1) is 0 Å². The molecule has 2 heterocycles. The predicted octanol–water partition coefficient (Wildman–Crippen LogP) is 2.48. The maximum atomic E-state index is 5.53.